The van der Waals surface area contributed by atoms with Crippen LogP contribution in [0.1, 0.15) is 21.9 Å². The van der Waals surface area contributed by atoms with Crippen LogP contribution < -0.4 is 4.74 Å². The second-order valence-electron chi connectivity index (χ2n) is 8.87. The van der Waals surface area contributed by atoms with E-state index >= 15 is 0 Å². The molecule has 2 N–H and O–H groups in total. The zero-order valence-electron chi connectivity index (χ0n) is 19.6. The molecule has 0 radical (unpaired) electrons. The number of benzene rings is 2. The van der Waals surface area contributed by atoms with Crippen LogP contribution in [0.15, 0.2) is 97.1 Å². The summed E-state index contributed by atoms with van der Waals surface area (Å²) < 4.78 is 5.59. The van der Waals surface area contributed by atoms with Gasteiger partial charge in [0.1, 0.15) is 0 Å². The van der Waals surface area contributed by atoms with E-state index in [-0.39, 0.29) is 11.6 Å². The monoisotopic (exact) mass is 480 g/mol. The molecule has 2 aliphatic heterocycles. The minimum absolute atomic E-state index is 0.238. The highest BCUT2D eigenvalue weighted by molar-refractivity contribution is 6.02. The number of rotatable bonds is 2. The molecule has 0 amide bonds. The number of nitrogens with zero attached hydrogens (tertiary/aromatic N) is 2. The van der Waals surface area contributed by atoms with Gasteiger partial charge in [-0.1, -0.05) is 60.7 Å². The summed E-state index contributed by atoms with van der Waals surface area (Å²) in [7, 11) is 0. The summed E-state index contributed by atoms with van der Waals surface area (Å²) in [6, 6.07) is 31.5. The number of ether oxygens (including phenoxy) is 1. The fourth-order valence-electron chi connectivity index (χ4n) is 4.79. The quantitative estimate of drug-likeness (QED) is 0.260. The molecule has 6 heteroatoms. The van der Waals surface area contributed by atoms with Gasteiger partial charge in [-0.05, 0) is 53.6 Å². The second-order valence-corrected chi connectivity index (χ2v) is 8.87. The molecule has 5 heterocycles. The lowest BCUT2D eigenvalue weighted by molar-refractivity contribution is 0.0755. The topological polar surface area (TPSA) is 83.7 Å². The molecule has 8 bridgehead atoms. The number of carbonyl (C=O) groups excluding carboxylic acids is 1. The van der Waals surface area contributed by atoms with E-state index in [1.165, 1.54) is 0 Å². The maximum absolute atomic E-state index is 13.0. The summed E-state index contributed by atoms with van der Waals surface area (Å²) in [5.41, 5.74) is 8.84. The van der Waals surface area contributed by atoms with Crippen molar-refractivity contribution in [2.75, 3.05) is 0 Å². The second kappa shape index (κ2) is 8.46. The smallest absolute Gasteiger partial charge is 0.364 e. The van der Waals surface area contributed by atoms with Gasteiger partial charge >= 0.3 is 5.97 Å². The van der Waals surface area contributed by atoms with Gasteiger partial charge in [0, 0.05) is 39.3 Å². The summed E-state index contributed by atoms with van der Waals surface area (Å²) in [5, 5.41) is 0. The number of aromatic amines is 2. The van der Waals surface area contributed by atoms with Gasteiger partial charge in [0.2, 0.25) is 5.88 Å². The summed E-state index contributed by atoms with van der Waals surface area (Å²) in [6.45, 7) is 0. The zero-order valence-corrected chi connectivity index (χ0v) is 19.6. The third kappa shape index (κ3) is 3.81. The van der Waals surface area contributed by atoms with Gasteiger partial charge in [-0.25, -0.2) is 14.8 Å². The van der Waals surface area contributed by atoms with Crippen LogP contribution in [0.4, 0.5) is 0 Å². The van der Waals surface area contributed by atoms with E-state index in [1.54, 1.807) is 6.07 Å². The average Bonchev–Trinajstić information content (AvgIpc) is 3.72. The summed E-state index contributed by atoms with van der Waals surface area (Å²) in [4.78, 5) is 29.5. The Morgan fingerprint density at radius 1 is 0.622 bits per heavy atom. The lowest BCUT2D eigenvalue weighted by Crippen LogP contribution is -2.03. The number of nitrogens with one attached hydrogen (secondary N) is 2. The van der Waals surface area contributed by atoms with Crippen molar-refractivity contribution in [1.29, 1.82) is 0 Å². The molecule has 37 heavy (non-hydrogen) atoms. The number of aromatic nitrogens is 4. The van der Waals surface area contributed by atoms with Crippen molar-refractivity contribution in [3.8, 4) is 28.1 Å². The number of H-pyrrole nitrogens is 2. The molecular formula is C31H20N4O2. The first-order valence-electron chi connectivity index (χ1n) is 12.0. The Hall–Kier alpha value is -5.23. The van der Waals surface area contributed by atoms with Crippen LogP contribution in [0.3, 0.4) is 0 Å². The Bertz CT molecular complexity index is 1870. The molecule has 2 aromatic carbocycles. The van der Waals surface area contributed by atoms with Crippen molar-refractivity contribution < 1.29 is 9.53 Å². The first-order valence-corrected chi connectivity index (χ1v) is 12.0. The van der Waals surface area contributed by atoms with Crippen LogP contribution in [0, 0.1) is 0 Å². The first kappa shape index (κ1) is 21.1. The number of fused-ring (bicyclic) bond motifs is 8. The predicted molar refractivity (Wildman–Crippen MR) is 146 cm³/mol. The van der Waals surface area contributed by atoms with Crippen LogP contribution in [-0.2, 0) is 0 Å². The Morgan fingerprint density at radius 2 is 1.24 bits per heavy atom. The lowest BCUT2D eigenvalue weighted by Gasteiger charge is -2.03. The first-order chi connectivity index (χ1) is 18.2. The summed E-state index contributed by atoms with van der Waals surface area (Å²) in [6.07, 6.45) is 4.04. The van der Waals surface area contributed by atoms with E-state index in [2.05, 4.69) is 27.1 Å². The van der Waals surface area contributed by atoms with Gasteiger partial charge in [0.25, 0.3) is 0 Å². The molecule has 0 fully saturated rings. The van der Waals surface area contributed by atoms with Crippen LogP contribution in [0.25, 0.3) is 56.5 Å². The molecule has 7 rings (SSSR count). The highest BCUT2D eigenvalue weighted by Crippen LogP contribution is 2.32. The minimum atomic E-state index is -0.486. The molecule has 3 aromatic heterocycles. The molecule has 6 nitrogen and oxygen atoms in total. The van der Waals surface area contributed by atoms with Gasteiger partial charge in [-0.15, -0.1) is 0 Å². The molecular weight excluding hydrogens is 460 g/mol. The molecule has 0 spiro atoms. The van der Waals surface area contributed by atoms with Crippen molar-refractivity contribution in [1.82, 2.24) is 19.9 Å². The van der Waals surface area contributed by atoms with Crippen LogP contribution in [0.2, 0.25) is 0 Å². The Labute approximate surface area is 212 Å². The number of esters is 1. The van der Waals surface area contributed by atoms with E-state index in [9.17, 15) is 4.79 Å². The maximum atomic E-state index is 13.0. The van der Waals surface area contributed by atoms with Gasteiger partial charge in [0.15, 0.2) is 5.69 Å². The molecule has 0 atom stereocenters. The normalized spacial score (nSPS) is 12.5. The van der Waals surface area contributed by atoms with Crippen LogP contribution >= 0.6 is 0 Å². The van der Waals surface area contributed by atoms with E-state index in [0.29, 0.717) is 5.56 Å². The minimum Gasteiger partial charge on any atom is -0.403 e. The molecule has 2 aliphatic rings. The van der Waals surface area contributed by atoms with Crippen LogP contribution in [-0.4, -0.2) is 25.9 Å². The Balaban J connectivity index is 1.60. The Morgan fingerprint density at radius 3 is 1.95 bits per heavy atom. The predicted octanol–water partition coefficient (Wildman–Crippen LogP) is 7.04. The lowest BCUT2D eigenvalue weighted by atomic mass is 10.0. The largest absolute Gasteiger partial charge is 0.403 e. The fraction of sp³-hybridized carbons (Fsp3) is 0. The van der Waals surface area contributed by atoms with E-state index in [1.807, 2.05) is 91.0 Å². The molecule has 0 aliphatic carbocycles. The average molecular weight is 481 g/mol. The highest BCUT2D eigenvalue weighted by Gasteiger charge is 2.24. The van der Waals surface area contributed by atoms with Gasteiger partial charge in [-0.2, -0.15) is 0 Å². The van der Waals surface area contributed by atoms with Crippen molar-refractivity contribution in [3.05, 3.63) is 114 Å². The van der Waals surface area contributed by atoms with Crippen molar-refractivity contribution in [2.45, 2.75) is 0 Å². The van der Waals surface area contributed by atoms with Gasteiger partial charge in [-0.3, -0.25) is 0 Å². The van der Waals surface area contributed by atoms with E-state index in [0.717, 1.165) is 50.1 Å². The fourth-order valence-corrected chi connectivity index (χ4v) is 4.79. The number of hydrogen-bond donors (Lipinski definition) is 2. The van der Waals surface area contributed by atoms with Gasteiger partial charge < -0.3 is 14.7 Å². The van der Waals surface area contributed by atoms with Crippen molar-refractivity contribution >= 4 is 40.2 Å². The Kier molecular flexibility index (Phi) is 4.82. The van der Waals surface area contributed by atoms with Gasteiger partial charge in [0.05, 0.1) is 11.4 Å². The van der Waals surface area contributed by atoms with E-state index < -0.39 is 5.97 Å². The highest BCUT2D eigenvalue weighted by atomic mass is 16.5. The van der Waals surface area contributed by atoms with Crippen LogP contribution in [0.5, 0.6) is 5.88 Å². The van der Waals surface area contributed by atoms with Crippen molar-refractivity contribution in [3.63, 3.8) is 0 Å². The third-order valence-corrected chi connectivity index (χ3v) is 6.43. The molecule has 176 valence electrons. The zero-order chi connectivity index (χ0) is 24.8. The SMILES string of the molecule is O=C1Oc2cc3ccc([nH]3)c(-c3ccccc3)c3nc(cc4ccc([nH]4)c(-c4ccccc4)c1n2)C=C3. The third-order valence-electron chi connectivity index (χ3n) is 6.43. The standard InChI is InChI=1S/C31H20N4O2/c36-31-30-29(20-9-5-2-6-10-20)26-16-12-22(33-26)17-21-11-14-24(32-21)28(19-7-3-1-4-8-19)25-15-13-23(34-25)18-27(35-30)37-31/h1-18,33-34H. The number of hydrogen-bond acceptors (Lipinski definition) is 4. The molecule has 0 saturated carbocycles. The maximum Gasteiger partial charge on any atom is 0.364 e. The summed E-state index contributed by atoms with van der Waals surface area (Å²) >= 11 is 0. The van der Waals surface area contributed by atoms with Crippen molar-refractivity contribution in [2.24, 2.45) is 0 Å². The number of carbonyl (C=O) groups is 1. The molecule has 0 unspecified atom stereocenters. The molecule has 0 saturated heterocycles. The van der Waals surface area contributed by atoms with E-state index in [4.69, 9.17) is 9.72 Å². The molecule has 5 aromatic rings. The summed E-state index contributed by atoms with van der Waals surface area (Å²) in [5.74, 6) is -0.248.